The number of nitrogens with zero attached hydrogens (tertiary/aromatic N) is 1. The van der Waals surface area contributed by atoms with Gasteiger partial charge in [0.15, 0.2) is 5.60 Å². The molecule has 28 heavy (non-hydrogen) atoms. The molecule has 0 saturated carbocycles. The summed E-state index contributed by atoms with van der Waals surface area (Å²) in [6.07, 6.45) is 2.34. The molecule has 1 aliphatic rings. The smallest absolute Gasteiger partial charge is 0.267 e. The van der Waals surface area contributed by atoms with Crippen LogP contribution in [0.25, 0.3) is 0 Å². The molecule has 1 saturated heterocycles. The van der Waals surface area contributed by atoms with Crippen molar-refractivity contribution in [3.63, 3.8) is 0 Å². The molecule has 6 heteroatoms. The number of halogens is 2. The predicted molar refractivity (Wildman–Crippen MR) is 117 cm³/mol. The summed E-state index contributed by atoms with van der Waals surface area (Å²) in [7, 11) is 0. The number of amides is 1. The minimum Gasteiger partial charge on any atom is -0.478 e. The molecule has 3 rings (SSSR count). The molecule has 2 aromatic rings. The number of carbonyl (C=O) groups is 1. The number of anilines is 2. The van der Waals surface area contributed by atoms with E-state index in [9.17, 15) is 4.79 Å². The van der Waals surface area contributed by atoms with Crippen molar-refractivity contribution in [3.8, 4) is 5.75 Å². The molecule has 0 atom stereocenters. The Morgan fingerprint density at radius 1 is 1.11 bits per heavy atom. The average Bonchev–Trinajstić information content (AvgIpc) is 2.64. The Bertz CT molecular complexity index is 829. The van der Waals surface area contributed by atoms with E-state index in [-0.39, 0.29) is 5.91 Å². The summed E-state index contributed by atoms with van der Waals surface area (Å²) < 4.78 is 5.84. The van der Waals surface area contributed by atoms with Gasteiger partial charge in [-0.1, -0.05) is 30.1 Å². The molecule has 1 aliphatic heterocycles. The van der Waals surface area contributed by atoms with Crippen molar-refractivity contribution in [2.75, 3.05) is 23.3 Å². The summed E-state index contributed by atoms with van der Waals surface area (Å²) >= 11 is 12.4. The van der Waals surface area contributed by atoms with Crippen LogP contribution in [0, 0.1) is 5.92 Å². The van der Waals surface area contributed by atoms with Crippen LogP contribution in [-0.4, -0.2) is 24.6 Å². The molecule has 0 unspecified atom stereocenters. The third-order valence-corrected chi connectivity index (χ3v) is 5.62. The van der Waals surface area contributed by atoms with Gasteiger partial charge in [0.2, 0.25) is 0 Å². The largest absolute Gasteiger partial charge is 0.478 e. The van der Waals surface area contributed by atoms with Gasteiger partial charge in [-0.05, 0) is 75.1 Å². The maximum Gasteiger partial charge on any atom is 0.267 e. The van der Waals surface area contributed by atoms with Gasteiger partial charge in [0.05, 0.1) is 10.7 Å². The summed E-state index contributed by atoms with van der Waals surface area (Å²) in [4.78, 5) is 15.0. The topological polar surface area (TPSA) is 41.6 Å². The Hall–Kier alpha value is -1.91. The first-order valence-corrected chi connectivity index (χ1v) is 10.3. The van der Waals surface area contributed by atoms with Crippen LogP contribution in [0.15, 0.2) is 42.5 Å². The Morgan fingerprint density at radius 2 is 1.75 bits per heavy atom. The monoisotopic (exact) mass is 420 g/mol. The Kier molecular flexibility index (Phi) is 6.41. The number of hydrogen-bond acceptors (Lipinski definition) is 3. The summed E-state index contributed by atoms with van der Waals surface area (Å²) in [6.45, 7) is 7.75. The maximum atomic E-state index is 12.7. The zero-order valence-electron chi connectivity index (χ0n) is 16.5. The Labute approximate surface area is 176 Å². The number of rotatable bonds is 5. The molecule has 0 radical (unpaired) electrons. The van der Waals surface area contributed by atoms with Crippen molar-refractivity contribution in [2.45, 2.75) is 39.2 Å². The van der Waals surface area contributed by atoms with Crippen LogP contribution in [0.3, 0.4) is 0 Å². The van der Waals surface area contributed by atoms with Gasteiger partial charge in [0.25, 0.3) is 5.91 Å². The van der Waals surface area contributed by atoms with Gasteiger partial charge >= 0.3 is 0 Å². The SMILES string of the molecule is CC1CCN(c2ccc(NC(=O)C(C)(C)Oc3ccc(Cl)cc3)cc2Cl)CC1. The van der Waals surface area contributed by atoms with Crippen LogP contribution in [0.2, 0.25) is 10.0 Å². The Morgan fingerprint density at radius 3 is 2.36 bits per heavy atom. The molecule has 1 N–H and O–H groups in total. The molecule has 1 amide bonds. The normalized spacial score (nSPS) is 15.4. The number of ether oxygens (including phenoxy) is 1. The van der Waals surface area contributed by atoms with Crippen molar-refractivity contribution in [2.24, 2.45) is 5.92 Å². The van der Waals surface area contributed by atoms with E-state index in [1.54, 1.807) is 44.2 Å². The summed E-state index contributed by atoms with van der Waals surface area (Å²) in [5, 5.41) is 4.16. The fourth-order valence-electron chi connectivity index (χ4n) is 3.22. The first-order chi connectivity index (χ1) is 13.2. The molecule has 0 bridgehead atoms. The van der Waals surface area contributed by atoms with Crippen LogP contribution in [0.4, 0.5) is 11.4 Å². The van der Waals surface area contributed by atoms with Crippen molar-refractivity contribution >= 4 is 40.5 Å². The minimum absolute atomic E-state index is 0.252. The molecule has 0 aromatic heterocycles. The molecule has 0 spiro atoms. The molecule has 1 heterocycles. The standard InChI is InChI=1S/C22H26Cl2N2O2/c1-15-10-12-26(13-11-15)20-9-6-17(14-19(20)24)25-21(27)22(2,3)28-18-7-4-16(23)5-8-18/h4-9,14-15H,10-13H2,1-3H3,(H,25,27). The van der Waals surface area contributed by atoms with Crippen molar-refractivity contribution in [1.82, 2.24) is 0 Å². The van der Waals surface area contributed by atoms with Gasteiger partial charge in [-0.2, -0.15) is 0 Å². The third-order valence-electron chi connectivity index (χ3n) is 5.06. The van der Waals surface area contributed by atoms with Crippen molar-refractivity contribution < 1.29 is 9.53 Å². The van der Waals surface area contributed by atoms with E-state index in [0.717, 1.165) is 24.7 Å². The van der Waals surface area contributed by atoms with E-state index < -0.39 is 5.60 Å². The molecular formula is C22H26Cl2N2O2. The van der Waals surface area contributed by atoms with Crippen molar-refractivity contribution in [3.05, 3.63) is 52.5 Å². The number of nitrogens with one attached hydrogen (secondary N) is 1. The second-order valence-corrected chi connectivity index (χ2v) is 8.70. The van der Waals surface area contributed by atoms with E-state index >= 15 is 0 Å². The lowest BCUT2D eigenvalue weighted by molar-refractivity contribution is -0.128. The second kappa shape index (κ2) is 8.62. The van der Waals surface area contributed by atoms with Crippen LogP contribution in [-0.2, 0) is 4.79 Å². The van der Waals surface area contributed by atoms with Gasteiger partial charge < -0.3 is 15.0 Å². The summed E-state index contributed by atoms with van der Waals surface area (Å²) in [5.74, 6) is 1.09. The zero-order chi connectivity index (χ0) is 20.3. The van der Waals surface area contributed by atoms with E-state index in [1.807, 2.05) is 12.1 Å². The maximum absolute atomic E-state index is 12.7. The van der Waals surface area contributed by atoms with Crippen LogP contribution >= 0.6 is 23.2 Å². The number of carbonyl (C=O) groups excluding carboxylic acids is 1. The number of benzene rings is 2. The first-order valence-electron chi connectivity index (χ1n) is 9.55. The van der Waals surface area contributed by atoms with Gasteiger partial charge in [0.1, 0.15) is 5.75 Å². The van der Waals surface area contributed by atoms with Crippen molar-refractivity contribution in [1.29, 1.82) is 0 Å². The predicted octanol–water partition coefficient (Wildman–Crippen LogP) is 6.03. The lowest BCUT2D eigenvalue weighted by Gasteiger charge is -2.33. The quantitative estimate of drug-likeness (QED) is 0.641. The highest BCUT2D eigenvalue weighted by atomic mass is 35.5. The molecule has 4 nitrogen and oxygen atoms in total. The molecule has 0 aliphatic carbocycles. The first kappa shape index (κ1) is 20.8. The van der Waals surface area contributed by atoms with Crippen LogP contribution in [0.1, 0.15) is 33.6 Å². The summed E-state index contributed by atoms with van der Waals surface area (Å²) in [5.41, 5.74) is 0.613. The minimum atomic E-state index is -1.05. The fourth-order valence-corrected chi connectivity index (χ4v) is 3.64. The van der Waals surface area contributed by atoms with Crippen LogP contribution < -0.4 is 15.0 Å². The van der Waals surface area contributed by atoms with Gasteiger partial charge in [-0.25, -0.2) is 0 Å². The molecule has 1 fully saturated rings. The van der Waals surface area contributed by atoms with E-state index in [2.05, 4.69) is 17.1 Å². The highest BCUT2D eigenvalue weighted by Crippen LogP contribution is 2.32. The highest BCUT2D eigenvalue weighted by Gasteiger charge is 2.30. The molecular weight excluding hydrogens is 395 g/mol. The van der Waals surface area contributed by atoms with E-state index in [4.69, 9.17) is 27.9 Å². The van der Waals surface area contributed by atoms with Gasteiger partial charge in [0, 0.05) is 23.8 Å². The highest BCUT2D eigenvalue weighted by molar-refractivity contribution is 6.33. The fraction of sp³-hybridized carbons (Fsp3) is 0.409. The van der Waals surface area contributed by atoms with Gasteiger partial charge in [-0.15, -0.1) is 0 Å². The van der Waals surface area contributed by atoms with E-state index in [1.165, 1.54) is 12.8 Å². The second-order valence-electron chi connectivity index (χ2n) is 7.86. The third kappa shape index (κ3) is 5.12. The number of hydrogen-bond donors (Lipinski definition) is 1. The zero-order valence-corrected chi connectivity index (χ0v) is 18.0. The molecule has 2 aromatic carbocycles. The number of piperidine rings is 1. The molecule has 150 valence electrons. The summed E-state index contributed by atoms with van der Waals surface area (Å²) in [6, 6.07) is 12.6. The lowest BCUT2D eigenvalue weighted by Crippen LogP contribution is -2.42. The Balaban J connectivity index is 1.66. The van der Waals surface area contributed by atoms with Gasteiger partial charge in [-0.3, -0.25) is 4.79 Å². The average molecular weight is 421 g/mol. The van der Waals surface area contributed by atoms with E-state index in [0.29, 0.717) is 21.5 Å². The van der Waals surface area contributed by atoms with Crippen LogP contribution in [0.5, 0.6) is 5.75 Å². The lowest BCUT2D eigenvalue weighted by atomic mass is 9.99.